The number of fused-ring (bicyclic) bond motifs is 1. The Labute approximate surface area is 162 Å². The highest BCUT2D eigenvalue weighted by Gasteiger charge is 2.15. The summed E-state index contributed by atoms with van der Waals surface area (Å²) in [5.41, 5.74) is 9.78. The molecule has 4 aromatic rings. The van der Waals surface area contributed by atoms with Gasteiger partial charge in [-0.15, -0.1) is 0 Å². The molecule has 2 N–H and O–H groups in total. The first-order valence-corrected chi connectivity index (χ1v) is 8.86. The number of hydrogen-bond donors (Lipinski definition) is 1. The largest absolute Gasteiger partial charge is 0.383 e. The van der Waals surface area contributed by atoms with Crippen LogP contribution in [-0.2, 0) is 0 Å². The Kier molecular flexibility index (Phi) is 4.31. The molecule has 0 saturated heterocycles. The number of rotatable bonds is 2. The second-order valence-electron chi connectivity index (χ2n) is 6.10. The second-order valence-corrected chi connectivity index (χ2v) is 6.96. The van der Waals surface area contributed by atoms with Crippen LogP contribution < -0.4 is 5.73 Å². The van der Waals surface area contributed by atoms with Crippen LogP contribution in [0.4, 0.5) is 14.6 Å². The van der Waals surface area contributed by atoms with E-state index in [9.17, 15) is 8.78 Å². The molecule has 0 bridgehead atoms. The van der Waals surface area contributed by atoms with Gasteiger partial charge in [-0.1, -0.05) is 6.07 Å². The lowest BCUT2D eigenvalue weighted by molar-refractivity contribution is 0.584. The Morgan fingerprint density at radius 2 is 1.67 bits per heavy atom. The third-order valence-electron chi connectivity index (χ3n) is 4.28. The molecule has 0 spiro atoms. The monoisotopic (exact) mass is 426 g/mol. The van der Waals surface area contributed by atoms with Crippen molar-refractivity contribution >= 4 is 32.7 Å². The molecule has 0 fully saturated rings. The topological polar surface area (TPSA) is 64.7 Å². The second kappa shape index (κ2) is 6.66. The van der Waals surface area contributed by atoms with Crippen LogP contribution in [0, 0.1) is 18.6 Å². The summed E-state index contributed by atoms with van der Waals surface area (Å²) in [6, 6.07) is 10.8. The molecule has 4 rings (SSSR count). The molecule has 2 aromatic heterocycles. The fourth-order valence-electron chi connectivity index (χ4n) is 2.99. The van der Waals surface area contributed by atoms with Gasteiger partial charge in [-0.05, 0) is 58.7 Å². The van der Waals surface area contributed by atoms with Crippen LogP contribution in [-0.4, -0.2) is 15.0 Å². The Morgan fingerprint density at radius 3 is 2.41 bits per heavy atom. The number of nitrogen functional groups attached to an aromatic ring is 1. The predicted molar refractivity (Wildman–Crippen MR) is 105 cm³/mol. The summed E-state index contributed by atoms with van der Waals surface area (Å²) in [5, 5.41) is 0.888. The van der Waals surface area contributed by atoms with Crippen molar-refractivity contribution in [3.63, 3.8) is 0 Å². The number of nitrogens with zero attached hydrogens (tertiary/aromatic N) is 3. The highest BCUT2D eigenvalue weighted by Crippen LogP contribution is 2.36. The van der Waals surface area contributed by atoms with E-state index in [-0.39, 0.29) is 5.82 Å². The molecule has 2 aromatic carbocycles. The van der Waals surface area contributed by atoms with Gasteiger partial charge in [0.2, 0.25) is 0 Å². The lowest BCUT2D eigenvalue weighted by Crippen LogP contribution is -1.98. The Balaban J connectivity index is 2.00. The van der Waals surface area contributed by atoms with E-state index < -0.39 is 11.6 Å². The van der Waals surface area contributed by atoms with Crippen molar-refractivity contribution in [3.8, 4) is 22.4 Å². The third-order valence-corrected chi connectivity index (χ3v) is 4.92. The van der Waals surface area contributed by atoms with Crippen molar-refractivity contribution in [2.75, 3.05) is 5.73 Å². The molecule has 0 amide bonds. The fourth-order valence-corrected chi connectivity index (χ4v) is 3.30. The molecule has 0 atom stereocenters. The van der Waals surface area contributed by atoms with E-state index in [1.807, 2.05) is 25.1 Å². The quantitative estimate of drug-likeness (QED) is 0.472. The van der Waals surface area contributed by atoms with Crippen molar-refractivity contribution in [2.24, 2.45) is 0 Å². The molecule has 0 radical (unpaired) electrons. The van der Waals surface area contributed by atoms with Crippen molar-refractivity contribution in [3.05, 3.63) is 70.6 Å². The molecule has 27 heavy (non-hydrogen) atoms. The van der Waals surface area contributed by atoms with Gasteiger partial charge in [-0.25, -0.2) is 23.7 Å². The number of halogens is 3. The number of hydrogen-bond acceptors (Lipinski definition) is 4. The number of aromatic nitrogens is 3. The molecule has 7 heteroatoms. The standard InChI is InChI=1S/C20H13BrF2N4/c1-10-15-6-11(2-3-18(15)26-9-25-10)16-8-17(21)20(24)27-19(16)12-4-13(22)7-14(23)5-12/h2-9H,1H3,(H2,24,27). The van der Waals surface area contributed by atoms with Gasteiger partial charge in [0.25, 0.3) is 0 Å². The molecule has 0 aliphatic rings. The van der Waals surface area contributed by atoms with E-state index in [1.54, 1.807) is 6.07 Å². The molecule has 0 unspecified atom stereocenters. The molecular formula is C20H13BrF2N4. The molecule has 4 nitrogen and oxygen atoms in total. The lowest BCUT2D eigenvalue weighted by Gasteiger charge is -2.13. The summed E-state index contributed by atoms with van der Waals surface area (Å²) >= 11 is 3.38. The number of anilines is 1. The van der Waals surface area contributed by atoms with Crippen LogP contribution in [0.5, 0.6) is 0 Å². The Hall–Kier alpha value is -2.93. The van der Waals surface area contributed by atoms with Crippen molar-refractivity contribution in [1.82, 2.24) is 15.0 Å². The van der Waals surface area contributed by atoms with E-state index >= 15 is 0 Å². The number of nitrogens with two attached hydrogens (primary N) is 1. The normalized spacial score (nSPS) is 11.1. The molecule has 2 heterocycles. The maximum Gasteiger partial charge on any atom is 0.138 e. The van der Waals surface area contributed by atoms with E-state index in [0.29, 0.717) is 21.3 Å². The lowest BCUT2D eigenvalue weighted by atomic mass is 9.97. The Bertz CT molecular complexity index is 1170. The van der Waals surface area contributed by atoms with E-state index in [4.69, 9.17) is 5.73 Å². The molecule has 0 aliphatic heterocycles. The Morgan fingerprint density at radius 1 is 0.926 bits per heavy atom. The summed E-state index contributed by atoms with van der Waals surface area (Å²) in [6.07, 6.45) is 1.51. The summed E-state index contributed by atoms with van der Waals surface area (Å²) in [7, 11) is 0. The third kappa shape index (κ3) is 3.26. The smallest absolute Gasteiger partial charge is 0.138 e. The van der Waals surface area contributed by atoms with Crippen LogP contribution in [0.25, 0.3) is 33.3 Å². The highest BCUT2D eigenvalue weighted by molar-refractivity contribution is 9.10. The minimum Gasteiger partial charge on any atom is -0.383 e. The van der Waals surface area contributed by atoms with Gasteiger partial charge < -0.3 is 5.73 Å². The predicted octanol–water partition coefficient (Wildman–Crippen LogP) is 5.29. The molecule has 0 saturated carbocycles. The van der Waals surface area contributed by atoms with Gasteiger partial charge in [-0.2, -0.15) is 0 Å². The summed E-state index contributed by atoms with van der Waals surface area (Å²) in [5.74, 6) is -1.12. The van der Waals surface area contributed by atoms with E-state index in [0.717, 1.165) is 28.2 Å². The number of benzene rings is 2. The zero-order chi connectivity index (χ0) is 19.1. The van der Waals surface area contributed by atoms with E-state index in [1.165, 1.54) is 18.5 Å². The molecule has 0 aliphatic carbocycles. The number of pyridine rings is 1. The summed E-state index contributed by atoms with van der Waals surface area (Å²) in [4.78, 5) is 12.8. The van der Waals surface area contributed by atoms with Crippen molar-refractivity contribution in [2.45, 2.75) is 6.92 Å². The average Bonchev–Trinajstić information content (AvgIpc) is 2.63. The van der Waals surface area contributed by atoms with Gasteiger partial charge >= 0.3 is 0 Å². The first-order valence-electron chi connectivity index (χ1n) is 8.06. The van der Waals surface area contributed by atoms with Gasteiger partial charge in [-0.3, -0.25) is 0 Å². The minimum atomic E-state index is -0.679. The summed E-state index contributed by atoms with van der Waals surface area (Å²) < 4.78 is 28.1. The van der Waals surface area contributed by atoms with Crippen LogP contribution in [0.2, 0.25) is 0 Å². The van der Waals surface area contributed by atoms with Gasteiger partial charge in [0.05, 0.1) is 15.7 Å². The van der Waals surface area contributed by atoms with Crippen molar-refractivity contribution < 1.29 is 8.78 Å². The van der Waals surface area contributed by atoms with E-state index in [2.05, 4.69) is 30.9 Å². The summed E-state index contributed by atoms with van der Waals surface area (Å²) in [6.45, 7) is 1.90. The van der Waals surface area contributed by atoms with Crippen molar-refractivity contribution in [1.29, 1.82) is 0 Å². The fraction of sp³-hybridized carbons (Fsp3) is 0.0500. The van der Waals surface area contributed by atoms with Gasteiger partial charge in [0.1, 0.15) is 23.8 Å². The maximum atomic E-state index is 13.8. The van der Waals surface area contributed by atoms with Crippen LogP contribution in [0.3, 0.4) is 0 Å². The average molecular weight is 427 g/mol. The van der Waals surface area contributed by atoms with Gasteiger partial charge in [0.15, 0.2) is 0 Å². The first kappa shape index (κ1) is 17.5. The van der Waals surface area contributed by atoms with Gasteiger partial charge in [0, 0.05) is 28.3 Å². The number of aryl methyl sites for hydroxylation is 1. The SMILES string of the molecule is Cc1ncnc2ccc(-c3cc(Br)c(N)nc3-c3cc(F)cc(F)c3)cc12. The van der Waals surface area contributed by atoms with Crippen LogP contribution in [0.15, 0.2) is 53.3 Å². The highest BCUT2D eigenvalue weighted by atomic mass is 79.9. The van der Waals surface area contributed by atoms with Crippen LogP contribution >= 0.6 is 15.9 Å². The zero-order valence-corrected chi connectivity index (χ0v) is 15.8. The minimum absolute atomic E-state index is 0.235. The molecule has 134 valence electrons. The molecular weight excluding hydrogens is 414 g/mol. The first-order chi connectivity index (χ1) is 12.9. The maximum absolute atomic E-state index is 13.8. The van der Waals surface area contributed by atoms with Crippen LogP contribution in [0.1, 0.15) is 5.69 Å². The zero-order valence-electron chi connectivity index (χ0n) is 14.2.